The number of carbonyl (C=O) groups is 1. The van der Waals surface area contributed by atoms with E-state index in [2.05, 4.69) is 0 Å². The summed E-state index contributed by atoms with van der Waals surface area (Å²) in [6.07, 6.45) is 0. The van der Waals surface area contributed by atoms with Gasteiger partial charge in [-0.15, -0.1) is 0 Å². The van der Waals surface area contributed by atoms with E-state index in [1.54, 1.807) is 13.8 Å². The number of carbonyl (C=O) groups excluding carboxylic acids is 1. The van der Waals surface area contributed by atoms with E-state index in [0.717, 1.165) is 0 Å². The third-order valence-electron chi connectivity index (χ3n) is 2.38. The van der Waals surface area contributed by atoms with E-state index >= 15 is 0 Å². The van der Waals surface area contributed by atoms with Crippen LogP contribution in [0.4, 0.5) is 5.69 Å². The summed E-state index contributed by atoms with van der Waals surface area (Å²) in [5.74, 6) is -0.121. The highest BCUT2D eigenvalue weighted by Gasteiger charge is 2.16. The molecule has 1 atom stereocenters. The largest absolute Gasteiger partial charge is 0.491 e. The van der Waals surface area contributed by atoms with Gasteiger partial charge < -0.3 is 15.2 Å². The minimum atomic E-state index is -0.879. The predicted octanol–water partition coefficient (Wildman–Crippen LogP) is 1.17. The van der Waals surface area contributed by atoms with E-state index < -0.39 is 16.9 Å². The molecule has 7 nitrogen and oxygen atoms in total. The van der Waals surface area contributed by atoms with Crippen molar-refractivity contribution in [2.24, 2.45) is 5.73 Å². The van der Waals surface area contributed by atoms with Crippen LogP contribution in [0.15, 0.2) is 18.2 Å². The summed E-state index contributed by atoms with van der Waals surface area (Å²) >= 11 is 0. The quantitative estimate of drug-likeness (QED) is 0.471. The van der Waals surface area contributed by atoms with Gasteiger partial charge in [-0.1, -0.05) is 0 Å². The van der Waals surface area contributed by atoms with Gasteiger partial charge in [-0.25, -0.2) is 0 Å². The Morgan fingerprint density at radius 3 is 2.74 bits per heavy atom. The lowest BCUT2D eigenvalue weighted by Gasteiger charge is -2.12. The molecule has 1 rings (SSSR count). The first-order valence-electron chi connectivity index (χ1n) is 5.75. The first-order chi connectivity index (χ1) is 8.95. The van der Waals surface area contributed by atoms with Crippen molar-refractivity contribution >= 4 is 11.7 Å². The molecule has 0 saturated carbocycles. The number of benzene rings is 1. The van der Waals surface area contributed by atoms with Gasteiger partial charge in [0.1, 0.15) is 18.4 Å². The van der Waals surface area contributed by atoms with Crippen LogP contribution in [-0.2, 0) is 9.53 Å². The van der Waals surface area contributed by atoms with Crippen LogP contribution in [0.2, 0.25) is 0 Å². The molecule has 0 aliphatic rings. The Kier molecular flexibility index (Phi) is 5.25. The third kappa shape index (κ3) is 4.22. The molecule has 0 aromatic heterocycles. The molecule has 0 heterocycles. The molecule has 0 amide bonds. The maximum absolute atomic E-state index is 11.3. The first-order valence-corrected chi connectivity index (χ1v) is 5.75. The summed E-state index contributed by atoms with van der Waals surface area (Å²) in [6.45, 7) is 3.50. The zero-order valence-corrected chi connectivity index (χ0v) is 10.8. The molecule has 1 aromatic carbocycles. The van der Waals surface area contributed by atoms with E-state index in [1.807, 2.05) is 0 Å². The minimum absolute atomic E-state index is 0.0158. The molecule has 0 spiro atoms. The lowest BCUT2D eigenvalue weighted by atomic mass is 10.2. The van der Waals surface area contributed by atoms with Crippen LogP contribution in [0.25, 0.3) is 0 Å². The van der Waals surface area contributed by atoms with Gasteiger partial charge >= 0.3 is 5.97 Å². The first kappa shape index (κ1) is 14.9. The Balaban J connectivity index is 2.61. The number of nitro groups is 1. The molecule has 2 N–H and O–H groups in total. The second-order valence-electron chi connectivity index (χ2n) is 3.87. The Morgan fingerprint density at radius 2 is 2.21 bits per heavy atom. The van der Waals surface area contributed by atoms with Crippen LogP contribution in [-0.4, -0.2) is 30.1 Å². The SMILES string of the molecule is CCOC(=O)C(N)COc1ccc([N+](=O)[O-])c(C)c1. The Hall–Kier alpha value is -2.15. The summed E-state index contributed by atoms with van der Waals surface area (Å²) in [6, 6.07) is 3.45. The summed E-state index contributed by atoms with van der Waals surface area (Å²) in [7, 11) is 0. The minimum Gasteiger partial charge on any atom is -0.491 e. The second-order valence-corrected chi connectivity index (χ2v) is 3.87. The molecule has 0 saturated heterocycles. The number of nitro benzene ring substituents is 1. The molecular formula is C12H16N2O5. The fourth-order valence-corrected chi connectivity index (χ4v) is 1.43. The number of ether oxygens (including phenoxy) is 2. The molecule has 7 heteroatoms. The number of nitrogens with two attached hydrogens (primary N) is 1. The molecule has 1 unspecified atom stereocenters. The molecule has 1 aromatic rings. The second kappa shape index (κ2) is 6.69. The third-order valence-corrected chi connectivity index (χ3v) is 2.38. The average molecular weight is 268 g/mol. The van der Waals surface area contributed by atoms with Crippen molar-refractivity contribution in [3.63, 3.8) is 0 Å². The van der Waals surface area contributed by atoms with Crippen molar-refractivity contribution in [2.45, 2.75) is 19.9 Å². The molecule has 0 radical (unpaired) electrons. The van der Waals surface area contributed by atoms with E-state index in [4.69, 9.17) is 15.2 Å². The standard InChI is InChI=1S/C12H16N2O5/c1-3-18-12(15)10(13)7-19-9-4-5-11(14(16)17)8(2)6-9/h4-6,10H,3,7,13H2,1-2H3. The zero-order valence-electron chi connectivity index (χ0n) is 10.8. The zero-order chi connectivity index (χ0) is 14.4. The number of esters is 1. The Labute approximate surface area is 110 Å². The summed E-state index contributed by atoms with van der Waals surface area (Å²) in [5, 5.41) is 10.6. The maximum atomic E-state index is 11.3. The van der Waals surface area contributed by atoms with Gasteiger partial charge in [0.25, 0.3) is 5.69 Å². The van der Waals surface area contributed by atoms with Gasteiger partial charge in [-0.05, 0) is 26.0 Å². The van der Waals surface area contributed by atoms with Crippen LogP contribution in [0.1, 0.15) is 12.5 Å². The average Bonchev–Trinajstić information content (AvgIpc) is 2.35. The molecule has 0 aliphatic carbocycles. The summed E-state index contributed by atoms with van der Waals surface area (Å²) in [5.41, 5.74) is 6.05. The Morgan fingerprint density at radius 1 is 1.53 bits per heavy atom. The van der Waals surface area contributed by atoms with Crippen LogP contribution in [0.5, 0.6) is 5.75 Å². The topological polar surface area (TPSA) is 105 Å². The number of aryl methyl sites for hydroxylation is 1. The monoisotopic (exact) mass is 268 g/mol. The van der Waals surface area contributed by atoms with Crippen molar-refractivity contribution in [3.8, 4) is 5.75 Å². The smallest absolute Gasteiger partial charge is 0.326 e. The highest BCUT2D eigenvalue weighted by Crippen LogP contribution is 2.22. The van der Waals surface area contributed by atoms with E-state index in [0.29, 0.717) is 11.3 Å². The lowest BCUT2D eigenvalue weighted by molar-refractivity contribution is -0.385. The van der Waals surface area contributed by atoms with Gasteiger partial charge in [0.2, 0.25) is 0 Å². The predicted molar refractivity (Wildman–Crippen MR) is 67.9 cm³/mol. The van der Waals surface area contributed by atoms with Gasteiger partial charge in [0, 0.05) is 11.6 Å². The number of nitrogens with zero attached hydrogens (tertiary/aromatic N) is 1. The summed E-state index contributed by atoms with van der Waals surface area (Å²) < 4.78 is 10.0. The maximum Gasteiger partial charge on any atom is 0.326 e. The Bertz CT molecular complexity index is 475. The molecule has 0 fully saturated rings. The summed E-state index contributed by atoms with van der Waals surface area (Å²) in [4.78, 5) is 21.4. The van der Waals surface area contributed by atoms with Gasteiger partial charge in [0.15, 0.2) is 0 Å². The fourth-order valence-electron chi connectivity index (χ4n) is 1.43. The lowest BCUT2D eigenvalue weighted by Crippen LogP contribution is -2.37. The molecular weight excluding hydrogens is 252 g/mol. The molecule has 0 aliphatic heterocycles. The van der Waals surface area contributed by atoms with Crippen molar-refractivity contribution in [1.29, 1.82) is 0 Å². The van der Waals surface area contributed by atoms with Crippen molar-refractivity contribution in [1.82, 2.24) is 0 Å². The van der Waals surface area contributed by atoms with Crippen LogP contribution < -0.4 is 10.5 Å². The molecule has 0 bridgehead atoms. The normalized spacial score (nSPS) is 11.7. The number of hydrogen-bond acceptors (Lipinski definition) is 6. The highest BCUT2D eigenvalue weighted by molar-refractivity contribution is 5.75. The van der Waals surface area contributed by atoms with Crippen molar-refractivity contribution in [2.75, 3.05) is 13.2 Å². The van der Waals surface area contributed by atoms with Gasteiger partial charge in [-0.2, -0.15) is 0 Å². The van der Waals surface area contributed by atoms with Crippen molar-refractivity contribution < 1.29 is 19.2 Å². The van der Waals surface area contributed by atoms with E-state index in [9.17, 15) is 14.9 Å². The fraction of sp³-hybridized carbons (Fsp3) is 0.417. The van der Waals surface area contributed by atoms with E-state index in [1.165, 1.54) is 18.2 Å². The molecule has 104 valence electrons. The molecule has 19 heavy (non-hydrogen) atoms. The van der Waals surface area contributed by atoms with Gasteiger partial charge in [0.05, 0.1) is 11.5 Å². The van der Waals surface area contributed by atoms with Crippen molar-refractivity contribution in [3.05, 3.63) is 33.9 Å². The number of rotatable bonds is 6. The van der Waals surface area contributed by atoms with Crippen LogP contribution >= 0.6 is 0 Å². The highest BCUT2D eigenvalue weighted by atomic mass is 16.6. The van der Waals surface area contributed by atoms with E-state index in [-0.39, 0.29) is 18.9 Å². The number of hydrogen-bond donors (Lipinski definition) is 1. The van der Waals surface area contributed by atoms with Gasteiger partial charge in [-0.3, -0.25) is 14.9 Å². The van der Waals surface area contributed by atoms with Crippen LogP contribution in [0, 0.1) is 17.0 Å². The van der Waals surface area contributed by atoms with Crippen LogP contribution in [0.3, 0.4) is 0 Å².